The summed E-state index contributed by atoms with van der Waals surface area (Å²) in [7, 11) is 1.41. The summed E-state index contributed by atoms with van der Waals surface area (Å²) in [6, 6.07) is 0. The van der Waals surface area contributed by atoms with Crippen LogP contribution in [0.25, 0.3) is 0 Å². The first-order valence-corrected chi connectivity index (χ1v) is 5.35. The molecule has 0 spiro atoms. The molecule has 0 fully saturated rings. The van der Waals surface area contributed by atoms with Crippen molar-refractivity contribution in [1.82, 2.24) is 4.90 Å². The van der Waals surface area contributed by atoms with Crippen LogP contribution in [0.5, 0.6) is 0 Å². The van der Waals surface area contributed by atoms with Gasteiger partial charge in [-0.25, -0.2) is 0 Å². The normalized spacial score (nSPS) is 24.2. The van der Waals surface area contributed by atoms with Crippen molar-refractivity contribution in [3.8, 4) is 0 Å². The van der Waals surface area contributed by atoms with Gasteiger partial charge >= 0.3 is 6.18 Å². The molecular weight excluding hydrogens is 362 g/mol. The van der Waals surface area contributed by atoms with E-state index in [9.17, 15) is 13.2 Å². The minimum absolute atomic E-state index is 0.380. The van der Waals surface area contributed by atoms with Crippen LogP contribution in [0.4, 0.5) is 13.2 Å². The highest BCUT2D eigenvalue weighted by Gasteiger charge is 2.39. The van der Waals surface area contributed by atoms with Crippen LogP contribution in [0.1, 0.15) is 0 Å². The van der Waals surface area contributed by atoms with E-state index < -0.39 is 11.9 Å². The maximum absolute atomic E-state index is 12.3. The summed E-state index contributed by atoms with van der Waals surface area (Å²) in [5.74, 6) is 0. The number of halogens is 5. The SMILES string of the molecule is CN1C(C(F)(F)F)=CC=C(I)C1Br. The molecule has 0 bridgehead atoms. The van der Waals surface area contributed by atoms with E-state index in [2.05, 4.69) is 15.9 Å². The van der Waals surface area contributed by atoms with Gasteiger partial charge in [-0.2, -0.15) is 13.2 Å². The third kappa shape index (κ3) is 2.39. The van der Waals surface area contributed by atoms with Crippen LogP contribution >= 0.6 is 38.5 Å². The van der Waals surface area contributed by atoms with Crippen molar-refractivity contribution in [3.05, 3.63) is 21.4 Å². The molecule has 0 saturated carbocycles. The lowest BCUT2D eigenvalue weighted by Gasteiger charge is -2.31. The summed E-state index contributed by atoms with van der Waals surface area (Å²) in [6.45, 7) is 0. The Hall–Kier alpha value is 0.280. The van der Waals surface area contributed by atoms with E-state index in [0.717, 1.165) is 14.6 Å². The highest BCUT2D eigenvalue weighted by molar-refractivity contribution is 14.1. The molecule has 0 amide bonds. The van der Waals surface area contributed by atoms with E-state index in [4.69, 9.17) is 0 Å². The van der Waals surface area contributed by atoms with Gasteiger partial charge in [0.15, 0.2) is 0 Å². The molecule has 6 heteroatoms. The van der Waals surface area contributed by atoms with Gasteiger partial charge in [0.25, 0.3) is 0 Å². The molecule has 1 atom stereocenters. The molecule has 13 heavy (non-hydrogen) atoms. The summed E-state index contributed by atoms with van der Waals surface area (Å²) in [5, 5.41) is 0. The monoisotopic (exact) mass is 367 g/mol. The van der Waals surface area contributed by atoms with Crippen LogP contribution in [0.3, 0.4) is 0 Å². The molecule has 0 aromatic rings. The summed E-state index contributed by atoms with van der Waals surface area (Å²) in [6.07, 6.45) is -1.74. The third-order valence-corrected chi connectivity index (χ3v) is 4.55. The number of allylic oxidation sites excluding steroid dienone is 3. The van der Waals surface area contributed by atoms with Crippen molar-refractivity contribution in [2.45, 2.75) is 11.1 Å². The van der Waals surface area contributed by atoms with Gasteiger partial charge in [0.05, 0.1) is 0 Å². The number of likely N-dealkylation sites (N-methyl/N-ethyl adjacent to an activating group) is 1. The predicted molar refractivity (Wildman–Crippen MR) is 56.7 cm³/mol. The molecule has 1 aliphatic rings. The molecule has 74 valence electrons. The third-order valence-electron chi connectivity index (χ3n) is 1.64. The van der Waals surface area contributed by atoms with Crippen molar-refractivity contribution < 1.29 is 13.2 Å². The second-order valence-electron chi connectivity index (χ2n) is 2.55. The fraction of sp³-hybridized carbons (Fsp3) is 0.429. The molecule has 1 aliphatic heterocycles. The molecule has 0 radical (unpaired) electrons. The lowest BCUT2D eigenvalue weighted by atomic mass is 10.2. The number of hydrogen-bond donors (Lipinski definition) is 0. The second kappa shape index (κ2) is 3.80. The molecule has 0 aromatic carbocycles. The number of hydrogen-bond acceptors (Lipinski definition) is 1. The Bertz CT molecular complexity index is 271. The van der Waals surface area contributed by atoms with Crippen LogP contribution in [-0.2, 0) is 0 Å². The Balaban J connectivity index is 3.01. The average molecular weight is 368 g/mol. The quantitative estimate of drug-likeness (QED) is 0.360. The van der Waals surface area contributed by atoms with E-state index in [-0.39, 0.29) is 4.95 Å². The van der Waals surface area contributed by atoms with Gasteiger partial charge in [-0.1, -0.05) is 15.9 Å². The van der Waals surface area contributed by atoms with Crippen molar-refractivity contribution in [2.24, 2.45) is 0 Å². The summed E-state index contributed by atoms with van der Waals surface area (Å²) in [4.78, 5) is 0.775. The minimum atomic E-state index is -4.28. The van der Waals surface area contributed by atoms with Crippen LogP contribution in [0.2, 0.25) is 0 Å². The highest BCUT2D eigenvalue weighted by Crippen LogP contribution is 2.36. The van der Waals surface area contributed by atoms with Crippen molar-refractivity contribution in [1.29, 1.82) is 0 Å². The van der Waals surface area contributed by atoms with Crippen LogP contribution in [-0.4, -0.2) is 23.1 Å². The lowest BCUT2D eigenvalue weighted by molar-refractivity contribution is -0.109. The maximum Gasteiger partial charge on any atom is 0.431 e. The van der Waals surface area contributed by atoms with Crippen molar-refractivity contribution >= 4 is 38.5 Å². The smallest absolute Gasteiger partial charge is 0.354 e. The number of alkyl halides is 4. The Morgan fingerprint density at radius 2 is 2.00 bits per heavy atom. The van der Waals surface area contributed by atoms with Gasteiger partial charge in [-0.15, -0.1) is 0 Å². The Morgan fingerprint density at radius 1 is 1.46 bits per heavy atom. The zero-order chi connectivity index (χ0) is 10.2. The number of rotatable bonds is 0. The average Bonchev–Trinajstić information content (AvgIpc) is 1.98. The van der Waals surface area contributed by atoms with Crippen molar-refractivity contribution in [3.63, 3.8) is 0 Å². The topological polar surface area (TPSA) is 3.24 Å². The van der Waals surface area contributed by atoms with Crippen LogP contribution in [0.15, 0.2) is 21.4 Å². The summed E-state index contributed by atoms with van der Waals surface area (Å²) < 4.78 is 37.8. The zero-order valence-electron chi connectivity index (χ0n) is 6.57. The maximum atomic E-state index is 12.3. The Morgan fingerprint density at radius 3 is 2.46 bits per heavy atom. The molecule has 0 saturated heterocycles. The highest BCUT2D eigenvalue weighted by atomic mass is 127. The number of nitrogens with zero attached hydrogens (tertiary/aromatic N) is 1. The first-order chi connectivity index (χ1) is 5.84. The van der Waals surface area contributed by atoms with Crippen molar-refractivity contribution in [2.75, 3.05) is 7.05 Å². The Labute approximate surface area is 95.9 Å². The van der Waals surface area contributed by atoms with Gasteiger partial charge < -0.3 is 4.90 Å². The predicted octanol–water partition coefficient (Wildman–Crippen LogP) is 3.42. The molecule has 0 aliphatic carbocycles. The van der Waals surface area contributed by atoms with E-state index >= 15 is 0 Å². The van der Waals surface area contributed by atoms with Gasteiger partial charge in [0, 0.05) is 10.6 Å². The largest absolute Gasteiger partial charge is 0.431 e. The minimum Gasteiger partial charge on any atom is -0.354 e. The molecule has 1 heterocycles. The molecule has 1 unspecified atom stereocenters. The molecule has 1 rings (SSSR count). The molecular formula is C7H6BrF3IN. The van der Waals surface area contributed by atoms with Gasteiger partial charge in [0.2, 0.25) is 0 Å². The van der Waals surface area contributed by atoms with Gasteiger partial charge in [0.1, 0.15) is 10.6 Å². The van der Waals surface area contributed by atoms with Crippen LogP contribution in [0, 0.1) is 0 Å². The summed E-state index contributed by atoms with van der Waals surface area (Å²) in [5.41, 5.74) is -0.630. The zero-order valence-corrected chi connectivity index (χ0v) is 10.3. The van der Waals surface area contributed by atoms with E-state index in [0.29, 0.717) is 0 Å². The fourth-order valence-electron chi connectivity index (χ4n) is 0.957. The van der Waals surface area contributed by atoms with E-state index in [1.54, 1.807) is 0 Å². The summed E-state index contributed by atoms with van der Waals surface area (Å²) >= 11 is 5.16. The molecule has 1 nitrogen and oxygen atoms in total. The second-order valence-corrected chi connectivity index (χ2v) is 4.66. The Kier molecular flexibility index (Phi) is 3.32. The fourth-order valence-corrected chi connectivity index (χ4v) is 1.93. The van der Waals surface area contributed by atoms with Crippen LogP contribution < -0.4 is 0 Å². The first-order valence-electron chi connectivity index (χ1n) is 3.35. The first kappa shape index (κ1) is 11.4. The van der Waals surface area contributed by atoms with E-state index in [1.807, 2.05) is 22.6 Å². The van der Waals surface area contributed by atoms with E-state index in [1.165, 1.54) is 13.1 Å². The lowest BCUT2D eigenvalue weighted by Crippen LogP contribution is -2.35. The van der Waals surface area contributed by atoms with Gasteiger partial charge in [-0.05, 0) is 34.7 Å². The van der Waals surface area contributed by atoms with Gasteiger partial charge in [-0.3, -0.25) is 0 Å². The molecule has 0 aromatic heterocycles. The molecule has 0 N–H and O–H groups in total. The standard InChI is InChI=1S/C7H6BrF3IN/c1-13-5(7(9,10)11)3-2-4(12)6(13)8/h2-3,6H,1H3.